The largest absolute Gasteiger partial charge is 0.407 e. The first kappa shape index (κ1) is 11.3. The highest BCUT2D eigenvalue weighted by atomic mass is 35.5. The summed E-state index contributed by atoms with van der Waals surface area (Å²) in [5.74, 6) is 0. The van der Waals surface area contributed by atoms with Gasteiger partial charge in [0.25, 0.3) is 0 Å². The van der Waals surface area contributed by atoms with Gasteiger partial charge in [-0.25, -0.2) is 0 Å². The van der Waals surface area contributed by atoms with Crippen LogP contribution in [0.3, 0.4) is 0 Å². The van der Waals surface area contributed by atoms with Gasteiger partial charge in [-0.15, -0.1) is 0 Å². The van der Waals surface area contributed by atoms with Crippen molar-refractivity contribution in [1.82, 2.24) is 0 Å². The second-order valence-corrected chi connectivity index (χ2v) is 3.38. The van der Waals surface area contributed by atoms with Gasteiger partial charge in [-0.3, -0.25) is 0 Å². The third kappa shape index (κ3) is 2.19. The lowest BCUT2D eigenvalue weighted by Gasteiger charge is -2.17. The summed E-state index contributed by atoms with van der Waals surface area (Å²) < 4.78 is 36.8. The molecule has 1 nitrogen and oxygen atoms in total. The Morgan fingerprint density at radius 2 is 1.93 bits per heavy atom. The number of halogens is 4. The predicted octanol–water partition coefficient (Wildman–Crippen LogP) is 3.21. The van der Waals surface area contributed by atoms with Crippen molar-refractivity contribution >= 4 is 11.6 Å². The van der Waals surface area contributed by atoms with E-state index < -0.39 is 12.2 Å². The van der Waals surface area contributed by atoms with Gasteiger partial charge in [0.1, 0.15) is 6.04 Å². The van der Waals surface area contributed by atoms with Crippen LogP contribution in [-0.2, 0) is 0 Å². The topological polar surface area (TPSA) is 26.0 Å². The molecule has 0 aliphatic carbocycles. The van der Waals surface area contributed by atoms with E-state index in [0.717, 1.165) is 0 Å². The summed E-state index contributed by atoms with van der Waals surface area (Å²) in [6.07, 6.45) is -4.46. The van der Waals surface area contributed by atoms with Crippen LogP contribution in [0, 0.1) is 6.92 Å². The molecule has 0 amide bonds. The molecule has 0 saturated heterocycles. The maximum absolute atomic E-state index is 12.3. The molecule has 0 spiro atoms. The Morgan fingerprint density at radius 3 is 2.43 bits per heavy atom. The van der Waals surface area contributed by atoms with Crippen molar-refractivity contribution in [2.24, 2.45) is 5.73 Å². The van der Waals surface area contributed by atoms with Gasteiger partial charge < -0.3 is 5.73 Å². The van der Waals surface area contributed by atoms with E-state index in [9.17, 15) is 13.2 Å². The summed E-state index contributed by atoms with van der Waals surface area (Å²) in [5, 5.41) is 0.0809. The van der Waals surface area contributed by atoms with Crippen molar-refractivity contribution in [2.75, 3.05) is 0 Å². The van der Waals surface area contributed by atoms with Gasteiger partial charge >= 0.3 is 6.18 Å². The van der Waals surface area contributed by atoms with Crippen molar-refractivity contribution in [2.45, 2.75) is 19.1 Å². The zero-order valence-corrected chi connectivity index (χ0v) is 8.15. The molecule has 78 valence electrons. The third-order valence-electron chi connectivity index (χ3n) is 1.91. The Balaban J connectivity index is 3.14. The molecule has 0 fully saturated rings. The minimum absolute atomic E-state index is 0.0809. The maximum atomic E-state index is 12.3. The summed E-state index contributed by atoms with van der Waals surface area (Å²) in [4.78, 5) is 0. The standard InChI is InChI=1S/C9H9ClF3N/c1-5-3-2-4-6(7(5)10)8(14)9(11,12)13/h2-4,8H,14H2,1H3. The predicted molar refractivity (Wildman–Crippen MR) is 49.2 cm³/mol. The van der Waals surface area contributed by atoms with Crippen LogP contribution in [0.15, 0.2) is 18.2 Å². The summed E-state index contributed by atoms with van der Waals surface area (Å²) >= 11 is 5.71. The highest BCUT2D eigenvalue weighted by molar-refractivity contribution is 6.32. The Morgan fingerprint density at radius 1 is 1.36 bits per heavy atom. The molecular weight excluding hydrogens is 215 g/mol. The Labute approximate surface area is 84.7 Å². The van der Waals surface area contributed by atoms with Crippen molar-refractivity contribution in [3.05, 3.63) is 34.3 Å². The molecule has 1 unspecified atom stereocenters. The van der Waals surface area contributed by atoms with Gasteiger partial charge in [-0.05, 0) is 18.1 Å². The van der Waals surface area contributed by atoms with Crippen LogP contribution in [-0.4, -0.2) is 6.18 Å². The van der Waals surface area contributed by atoms with E-state index in [4.69, 9.17) is 17.3 Å². The summed E-state index contributed by atoms with van der Waals surface area (Å²) in [7, 11) is 0. The summed E-state index contributed by atoms with van der Waals surface area (Å²) in [6, 6.07) is 2.40. The van der Waals surface area contributed by atoms with E-state index in [1.54, 1.807) is 13.0 Å². The number of rotatable bonds is 1. The number of hydrogen-bond donors (Lipinski definition) is 1. The van der Waals surface area contributed by atoms with Gasteiger partial charge in [0.2, 0.25) is 0 Å². The van der Waals surface area contributed by atoms with Gasteiger partial charge in [0.15, 0.2) is 0 Å². The van der Waals surface area contributed by atoms with Crippen LogP contribution in [0.4, 0.5) is 13.2 Å². The molecule has 2 N–H and O–H groups in total. The van der Waals surface area contributed by atoms with Crippen molar-refractivity contribution < 1.29 is 13.2 Å². The zero-order chi connectivity index (χ0) is 10.9. The highest BCUT2D eigenvalue weighted by Crippen LogP contribution is 2.35. The fraction of sp³-hybridized carbons (Fsp3) is 0.333. The molecule has 0 heterocycles. The molecule has 0 aromatic heterocycles. The average Bonchev–Trinajstić information content (AvgIpc) is 2.07. The summed E-state index contributed by atoms with van der Waals surface area (Å²) in [5.41, 5.74) is 5.54. The fourth-order valence-electron chi connectivity index (χ4n) is 1.09. The molecule has 0 aliphatic rings. The minimum Gasteiger partial charge on any atom is -0.316 e. The molecule has 1 rings (SSSR count). The van der Waals surface area contributed by atoms with Crippen LogP contribution in [0.25, 0.3) is 0 Å². The molecule has 0 saturated carbocycles. The number of hydrogen-bond acceptors (Lipinski definition) is 1. The van der Waals surface area contributed by atoms with Crippen LogP contribution in [0.2, 0.25) is 5.02 Å². The normalized spacial score (nSPS) is 14.1. The molecule has 0 bridgehead atoms. The SMILES string of the molecule is Cc1cccc(C(N)C(F)(F)F)c1Cl. The lowest BCUT2D eigenvalue weighted by Crippen LogP contribution is -2.28. The molecule has 1 atom stereocenters. The van der Waals surface area contributed by atoms with E-state index in [-0.39, 0.29) is 10.6 Å². The highest BCUT2D eigenvalue weighted by Gasteiger charge is 2.38. The molecule has 0 aliphatic heterocycles. The van der Waals surface area contributed by atoms with Gasteiger partial charge in [-0.1, -0.05) is 29.8 Å². The van der Waals surface area contributed by atoms with Crippen molar-refractivity contribution in [3.8, 4) is 0 Å². The minimum atomic E-state index is -4.46. The first-order valence-corrected chi connectivity index (χ1v) is 4.29. The van der Waals surface area contributed by atoms with E-state index in [2.05, 4.69) is 0 Å². The average molecular weight is 224 g/mol. The van der Waals surface area contributed by atoms with E-state index >= 15 is 0 Å². The van der Waals surface area contributed by atoms with E-state index in [1.807, 2.05) is 0 Å². The Bertz CT molecular complexity index is 335. The van der Waals surface area contributed by atoms with Crippen LogP contribution in [0.5, 0.6) is 0 Å². The Kier molecular flexibility index (Phi) is 3.07. The smallest absolute Gasteiger partial charge is 0.316 e. The second kappa shape index (κ2) is 3.79. The van der Waals surface area contributed by atoms with Crippen molar-refractivity contribution in [1.29, 1.82) is 0 Å². The van der Waals surface area contributed by atoms with Crippen LogP contribution in [0.1, 0.15) is 17.2 Å². The Hall–Kier alpha value is -0.740. The van der Waals surface area contributed by atoms with Gasteiger partial charge in [-0.2, -0.15) is 13.2 Å². The number of benzene rings is 1. The number of alkyl halides is 3. The monoisotopic (exact) mass is 223 g/mol. The second-order valence-electron chi connectivity index (χ2n) is 3.00. The molecule has 1 aromatic rings. The van der Waals surface area contributed by atoms with E-state index in [0.29, 0.717) is 5.56 Å². The lowest BCUT2D eigenvalue weighted by molar-refractivity contribution is -0.149. The quantitative estimate of drug-likeness (QED) is 0.777. The number of nitrogens with two attached hydrogens (primary N) is 1. The fourth-order valence-corrected chi connectivity index (χ4v) is 1.33. The third-order valence-corrected chi connectivity index (χ3v) is 2.43. The zero-order valence-electron chi connectivity index (χ0n) is 7.40. The van der Waals surface area contributed by atoms with Gasteiger partial charge in [0.05, 0.1) is 0 Å². The van der Waals surface area contributed by atoms with Gasteiger partial charge in [0, 0.05) is 5.02 Å². The molecule has 1 aromatic carbocycles. The maximum Gasteiger partial charge on any atom is 0.407 e. The molecule has 14 heavy (non-hydrogen) atoms. The molecular formula is C9H9ClF3N. The van der Waals surface area contributed by atoms with Crippen molar-refractivity contribution in [3.63, 3.8) is 0 Å². The lowest BCUT2D eigenvalue weighted by atomic mass is 10.0. The van der Waals surface area contributed by atoms with Crippen LogP contribution < -0.4 is 5.73 Å². The first-order chi connectivity index (χ1) is 6.34. The number of aryl methyl sites for hydroxylation is 1. The molecule has 5 heteroatoms. The van der Waals surface area contributed by atoms with E-state index in [1.165, 1.54) is 12.1 Å². The first-order valence-electron chi connectivity index (χ1n) is 3.91. The molecule has 0 radical (unpaired) electrons. The van der Waals surface area contributed by atoms with Crippen LogP contribution >= 0.6 is 11.6 Å². The summed E-state index contributed by atoms with van der Waals surface area (Å²) in [6.45, 7) is 1.63.